The van der Waals surface area contributed by atoms with E-state index in [2.05, 4.69) is 4.90 Å². The number of benzene rings is 2. The van der Waals surface area contributed by atoms with E-state index in [1.54, 1.807) is 6.07 Å². The number of hydrogen-bond acceptors (Lipinski definition) is 2. The van der Waals surface area contributed by atoms with Gasteiger partial charge >= 0.3 is 0 Å². The Labute approximate surface area is 118 Å². The second-order valence-corrected chi connectivity index (χ2v) is 5.39. The van der Waals surface area contributed by atoms with E-state index >= 15 is 0 Å². The van der Waals surface area contributed by atoms with Crippen molar-refractivity contribution in [2.24, 2.45) is 0 Å². The number of fused-ring (bicyclic) bond motifs is 1. The third kappa shape index (κ3) is 2.99. The third-order valence-corrected chi connectivity index (χ3v) is 3.82. The van der Waals surface area contributed by atoms with Gasteiger partial charge in [0.2, 0.25) is 0 Å². The molecule has 0 radical (unpaired) electrons. The number of nitrogens with zero attached hydrogens (tertiary/aromatic N) is 1. The lowest BCUT2D eigenvalue weighted by atomic mass is 10.0. The van der Waals surface area contributed by atoms with E-state index in [-0.39, 0.29) is 5.82 Å². The highest BCUT2D eigenvalue weighted by Gasteiger charge is 2.15. The second kappa shape index (κ2) is 5.63. The molecule has 1 aliphatic rings. The summed E-state index contributed by atoms with van der Waals surface area (Å²) < 4.78 is 12.9. The summed E-state index contributed by atoms with van der Waals surface area (Å²) in [6, 6.07) is 12.3. The highest BCUT2D eigenvalue weighted by molar-refractivity contribution is 5.35. The predicted octanol–water partition coefficient (Wildman–Crippen LogP) is 3.48. The number of phenols is 1. The lowest BCUT2D eigenvalue weighted by Gasteiger charge is -2.20. The van der Waals surface area contributed by atoms with Crippen LogP contribution in [0.25, 0.3) is 0 Å². The molecule has 0 bridgehead atoms. The molecule has 1 heterocycles. The Balaban J connectivity index is 1.76. The van der Waals surface area contributed by atoms with E-state index in [9.17, 15) is 9.50 Å². The standard InChI is InChI=1S/C17H18FNO/c18-16-6-3-13(4-7-16)11-19-9-1-2-14-5-8-17(20)10-15(14)12-19/h3-8,10,20H,1-2,9,11-12H2. The van der Waals surface area contributed by atoms with Crippen molar-refractivity contribution < 1.29 is 9.50 Å². The first-order valence-electron chi connectivity index (χ1n) is 6.98. The van der Waals surface area contributed by atoms with Crippen molar-refractivity contribution in [2.75, 3.05) is 6.54 Å². The Morgan fingerprint density at radius 3 is 2.65 bits per heavy atom. The van der Waals surface area contributed by atoms with Crippen LogP contribution < -0.4 is 0 Å². The first-order valence-corrected chi connectivity index (χ1v) is 6.98. The van der Waals surface area contributed by atoms with Crippen LogP contribution in [0.1, 0.15) is 23.1 Å². The van der Waals surface area contributed by atoms with Gasteiger partial charge in [0, 0.05) is 13.1 Å². The van der Waals surface area contributed by atoms with Crippen LogP contribution in [0.3, 0.4) is 0 Å². The molecule has 0 atom stereocenters. The zero-order valence-corrected chi connectivity index (χ0v) is 11.3. The van der Waals surface area contributed by atoms with Crippen LogP contribution in [-0.4, -0.2) is 16.6 Å². The molecule has 2 aromatic rings. The molecule has 0 saturated carbocycles. The Kier molecular flexibility index (Phi) is 3.70. The number of hydrogen-bond donors (Lipinski definition) is 1. The number of rotatable bonds is 2. The first-order chi connectivity index (χ1) is 9.70. The van der Waals surface area contributed by atoms with Gasteiger partial charge < -0.3 is 5.11 Å². The molecular weight excluding hydrogens is 253 g/mol. The van der Waals surface area contributed by atoms with Gasteiger partial charge in [-0.15, -0.1) is 0 Å². The summed E-state index contributed by atoms with van der Waals surface area (Å²) in [5.74, 6) is 0.132. The molecule has 0 amide bonds. The third-order valence-electron chi connectivity index (χ3n) is 3.82. The topological polar surface area (TPSA) is 23.5 Å². The Morgan fingerprint density at radius 2 is 1.85 bits per heavy atom. The molecule has 0 aromatic heterocycles. The Bertz CT molecular complexity index is 594. The van der Waals surface area contributed by atoms with E-state index in [0.717, 1.165) is 38.0 Å². The van der Waals surface area contributed by atoms with Crippen molar-refractivity contribution in [1.82, 2.24) is 4.90 Å². The number of aryl methyl sites for hydroxylation is 1. The summed E-state index contributed by atoms with van der Waals surface area (Å²) >= 11 is 0. The molecule has 0 aliphatic carbocycles. The highest BCUT2D eigenvalue weighted by atomic mass is 19.1. The molecule has 0 unspecified atom stereocenters. The Hall–Kier alpha value is -1.87. The molecule has 20 heavy (non-hydrogen) atoms. The van der Waals surface area contributed by atoms with E-state index in [4.69, 9.17) is 0 Å². The summed E-state index contributed by atoms with van der Waals surface area (Å²) in [4.78, 5) is 2.35. The monoisotopic (exact) mass is 271 g/mol. The van der Waals surface area contributed by atoms with E-state index in [0.29, 0.717) is 5.75 Å². The zero-order valence-electron chi connectivity index (χ0n) is 11.3. The largest absolute Gasteiger partial charge is 0.508 e. The SMILES string of the molecule is Oc1ccc2c(c1)CN(Cc1ccc(F)cc1)CCC2. The molecule has 104 valence electrons. The van der Waals surface area contributed by atoms with Crippen LogP contribution in [-0.2, 0) is 19.5 Å². The van der Waals surface area contributed by atoms with Crippen LogP contribution in [0.4, 0.5) is 4.39 Å². The molecule has 3 heteroatoms. The van der Waals surface area contributed by atoms with Crippen molar-refractivity contribution in [2.45, 2.75) is 25.9 Å². The van der Waals surface area contributed by atoms with Gasteiger partial charge in [-0.2, -0.15) is 0 Å². The average Bonchev–Trinajstić information content (AvgIpc) is 2.62. The molecule has 1 aliphatic heterocycles. The predicted molar refractivity (Wildman–Crippen MR) is 76.9 cm³/mol. The van der Waals surface area contributed by atoms with Gasteiger partial charge in [-0.1, -0.05) is 18.2 Å². The lowest BCUT2D eigenvalue weighted by Crippen LogP contribution is -2.22. The van der Waals surface area contributed by atoms with E-state index in [1.165, 1.54) is 23.3 Å². The van der Waals surface area contributed by atoms with Crippen LogP contribution in [0.5, 0.6) is 5.75 Å². The summed E-state index contributed by atoms with van der Waals surface area (Å²) in [5.41, 5.74) is 3.64. The number of aromatic hydroxyl groups is 1. The molecule has 0 fully saturated rings. The summed E-state index contributed by atoms with van der Waals surface area (Å²) in [7, 11) is 0. The molecule has 0 saturated heterocycles. The van der Waals surface area contributed by atoms with Gasteiger partial charge in [-0.3, -0.25) is 4.90 Å². The molecular formula is C17H18FNO. The van der Waals surface area contributed by atoms with E-state index in [1.807, 2.05) is 24.3 Å². The van der Waals surface area contributed by atoms with Gasteiger partial charge in [-0.05, 0) is 60.3 Å². The zero-order chi connectivity index (χ0) is 13.9. The normalized spacial score (nSPS) is 15.7. The van der Waals surface area contributed by atoms with Gasteiger partial charge in [0.1, 0.15) is 11.6 Å². The maximum absolute atomic E-state index is 12.9. The van der Waals surface area contributed by atoms with Crippen LogP contribution >= 0.6 is 0 Å². The Morgan fingerprint density at radius 1 is 1.05 bits per heavy atom. The quantitative estimate of drug-likeness (QED) is 0.904. The highest BCUT2D eigenvalue weighted by Crippen LogP contribution is 2.23. The minimum Gasteiger partial charge on any atom is -0.508 e. The smallest absolute Gasteiger partial charge is 0.123 e. The first kappa shape index (κ1) is 13.1. The van der Waals surface area contributed by atoms with E-state index < -0.39 is 0 Å². The van der Waals surface area contributed by atoms with Gasteiger partial charge in [0.05, 0.1) is 0 Å². The van der Waals surface area contributed by atoms with Gasteiger partial charge in [0.15, 0.2) is 0 Å². The van der Waals surface area contributed by atoms with Gasteiger partial charge in [0.25, 0.3) is 0 Å². The lowest BCUT2D eigenvalue weighted by molar-refractivity contribution is 0.260. The molecule has 0 spiro atoms. The van der Waals surface area contributed by atoms with Crippen molar-refractivity contribution >= 4 is 0 Å². The van der Waals surface area contributed by atoms with Crippen molar-refractivity contribution in [1.29, 1.82) is 0 Å². The minimum absolute atomic E-state index is 0.195. The summed E-state index contributed by atoms with van der Waals surface area (Å²) in [5, 5.41) is 9.63. The fourth-order valence-corrected chi connectivity index (χ4v) is 2.80. The molecule has 2 nitrogen and oxygen atoms in total. The van der Waals surface area contributed by atoms with Crippen LogP contribution in [0.15, 0.2) is 42.5 Å². The molecule has 2 aromatic carbocycles. The summed E-state index contributed by atoms with van der Waals surface area (Å²) in [6.07, 6.45) is 2.16. The second-order valence-electron chi connectivity index (χ2n) is 5.39. The molecule has 3 rings (SSSR count). The van der Waals surface area contributed by atoms with Gasteiger partial charge in [-0.25, -0.2) is 4.39 Å². The fourth-order valence-electron chi connectivity index (χ4n) is 2.80. The maximum Gasteiger partial charge on any atom is 0.123 e. The average molecular weight is 271 g/mol. The minimum atomic E-state index is -0.195. The number of phenolic OH excluding ortho intramolecular Hbond substituents is 1. The van der Waals surface area contributed by atoms with Crippen molar-refractivity contribution in [3.05, 3.63) is 65.0 Å². The fraction of sp³-hybridized carbons (Fsp3) is 0.294. The maximum atomic E-state index is 12.9. The van der Waals surface area contributed by atoms with Crippen molar-refractivity contribution in [3.8, 4) is 5.75 Å². The van der Waals surface area contributed by atoms with Crippen LogP contribution in [0.2, 0.25) is 0 Å². The number of halogens is 1. The molecule has 1 N–H and O–H groups in total. The van der Waals surface area contributed by atoms with Crippen molar-refractivity contribution in [3.63, 3.8) is 0 Å². The summed E-state index contributed by atoms with van der Waals surface area (Å²) in [6.45, 7) is 2.67. The van der Waals surface area contributed by atoms with Crippen LogP contribution in [0, 0.1) is 5.82 Å².